The number of aryl methyl sites for hydroxylation is 1. The minimum absolute atomic E-state index is 0.387. The van der Waals surface area contributed by atoms with Crippen LogP contribution in [0.1, 0.15) is 17.4 Å². The molecule has 0 aliphatic rings. The summed E-state index contributed by atoms with van der Waals surface area (Å²) in [6, 6.07) is 0. The normalized spacial score (nSPS) is 11.1. The largest absolute Gasteiger partial charge is 0.360 e. The van der Waals surface area contributed by atoms with E-state index in [0.29, 0.717) is 29.8 Å². The number of nitrogens with one attached hydrogen (secondary N) is 1. The van der Waals surface area contributed by atoms with Gasteiger partial charge in [0.15, 0.2) is 5.82 Å². The summed E-state index contributed by atoms with van der Waals surface area (Å²) >= 11 is 1.64. The highest BCUT2D eigenvalue weighted by molar-refractivity contribution is 7.97. The zero-order chi connectivity index (χ0) is 13.9. The molecule has 0 amide bonds. The lowest BCUT2D eigenvalue weighted by molar-refractivity contribution is 0.379. The van der Waals surface area contributed by atoms with Crippen LogP contribution in [0.5, 0.6) is 0 Å². The van der Waals surface area contributed by atoms with E-state index in [4.69, 9.17) is 9.05 Å². The van der Waals surface area contributed by atoms with Crippen molar-refractivity contribution in [3.05, 3.63) is 23.7 Å². The van der Waals surface area contributed by atoms with Crippen molar-refractivity contribution < 1.29 is 9.05 Å². The number of aromatic nitrogens is 5. The first-order valence-electron chi connectivity index (χ1n) is 5.89. The van der Waals surface area contributed by atoms with Crippen molar-refractivity contribution in [3.63, 3.8) is 0 Å². The van der Waals surface area contributed by atoms with Gasteiger partial charge in [0.1, 0.15) is 17.5 Å². The van der Waals surface area contributed by atoms with Gasteiger partial charge in [0, 0.05) is 0 Å². The van der Waals surface area contributed by atoms with E-state index in [1.54, 1.807) is 11.8 Å². The quantitative estimate of drug-likeness (QED) is 0.753. The molecule has 0 saturated carbocycles. The highest BCUT2D eigenvalue weighted by atomic mass is 32.2. The summed E-state index contributed by atoms with van der Waals surface area (Å²) in [6.07, 6.45) is 3.41. The van der Waals surface area contributed by atoms with E-state index in [2.05, 4.69) is 30.6 Å². The molecule has 3 heterocycles. The van der Waals surface area contributed by atoms with E-state index in [0.717, 1.165) is 16.8 Å². The molecule has 8 nitrogen and oxygen atoms in total. The van der Waals surface area contributed by atoms with Gasteiger partial charge in [-0.25, -0.2) is 4.98 Å². The first-order valence-corrected chi connectivity index (χ1v) is 7.28. The molecule has 20 heavy (non-hydrogen) atoms. The second kappa shape index (κ2) is 5.45. The van der Waals surface area contributed by atoms with Crippen molar-refractivity contribution >= 4 is 28.7 Å². The summed E-state index contributed by atoms with van der Waals surface area (Å²) in [6.45, 7) is 2.22. The highest BCUT2D eigenvalue weighted by Gasteiger charge is 2.13. The van der Waals surface area contributed by atoms with Crippen LogP contribution >= 0.6 is 11.8 Å². The number of rotatable bonds is 5. The standard InChI is InChI=1S/C11H12N6O2S/c1-6-9-10(13-5-14-11(9)19-16-6)12-3-8-15-7(4-20-2)17-18-8/h5H,3-4H2,1-2H3,(H,12,13,14). The summed E-state index contributed by atoms with van der Waals surface area (Å²) in [5, 5.41) is 11.6. The molecule has 0 saturated heterocycles. The smallest absolute Gasteiger partial charge is 0.263 e. The van der Waals surface area contributed by atoms with E-state index in [9.17, 15) is 0 Å². The van der Waals surface area contributed by atoms with Crippen LogP contribution in [-0.2, 0) is 12.3 Å². The van der Waals surface area contributed by atoms with Crippen molar-refractivity contribution in [2.45, 2.75) is 19.2 Å². The highest BCUT2D eigenvalue weighted by Crippen LogP contribution is 2.22. The lowest BCUT2D eigenvalue weighted by Crippen LogP contribution is -2.03. The Labute approximate surface area is 118 Å². The molecule has 0 aliphatic carbocycles. The topological polar surface area (TPSA) is 103 Å². The third kappa shape index (κ3) is 2.44. The van der Waals surface area contributed by atoms with Crippen LogP contribution in [0.4, 0.5) is 5.82 Å². The maximum Gasteiger partial charge on any atom is 0.263 e. The first kappa shape index (κ1) is 12.9. The minimum Gasteiger partial charge on any atom is -0.360 e. The number of anilines is 1. The third-order valence-electron chi connectivity index (χ3n) is 2.63. The molecule has 9 heteroatoms. The number of thioether (sulfide) groups is 1. The number of fused-ring (bicyclic) bond motifs is 1. The molecule has 1 N–H and O–H groups in total. The zero-order valence-corrected chi connectivity index (χ0v) is 11.8. The molecule has 0 aromatic carbocycles. The van der Waals surface area contributed by atoms with Crippen LogP contribution in [0.25, 0.3) is 11.1 Å². The predicted octanol–water partition coefficient (Wildman–Crippen LogP) is 1.78. The van der Waals surface area contributed by atoms with E-state index in [-0.39, 0.29) is 0 Å². The Hall–Kier alpha value is -2.16. The molecule has 0 spiro atoms. The third-order valence-corrected chi connectivity index (χ3v) is 3.18. The molecule has 0 radical (unpaired) electrons. The maximum absolute atomic E-state index is 5.14. The average Bonchev–Trinajstić information content (AvgIpc) is 3.05. The zero-order valence-electron chi connectivity index (χ0n) is 11.0. The van der Waals surface area contributed by atoms with Crippen LogP contribution < -0.4 is 5.32 Å². The Morgan fingerprint density at radius 1 is 1.25 bits per heavy atom. The fraction of sp³-hybridized carbons (Fsp3) is 0.364. The first-order chi connectivity index (χ1) is 9.78. The molecule has 104 valence electrons. The number of nitrogens with zero attached hydrogens (tertiary/aromatic N) is 5. The van der Waals surface area contributed by atoms with Gasteiger partial charge >= 0.3 is 0 Å². The van der Waals surface area contributed by atoms with Gasteiger partial charge in [-0.3, -0.25) is 0 Å². The number of hydrogen-bond acceptors (Lipinski definition) is 9. The minimum atomic E-state index is 0.387. The van der Waals surface area contributed by atoms with Gasteiger partial charge in [-0.05, 0) is 13.2 Å². The van der Waals surface area contributed by atoms with Gasteiger partial charge in [-0.15, -0.1) is 0 Å². The Morgan fingerprint density at radius 2 is 2.15 bits per heavy atom. The second-order valence-corrected chi connectivity index (χ2v) is 4.93. The van der Waals surface area contributed by atoms with Gasteiger partial charge in [-0.1, -0.05) is 10.3 Å². The molecule has 3 aromatic heterocycles. The van der Waals surface area contributed by atoms with Crippen molar-refractivity contribution in [1.29, 1.82) is 0 Å². The van der Waals surface area contributed by atoms with Gasteiger partial charge in [0.05, 0.1) is 18.0 Å². The van der Waals surface area contributed by atoms with E-state index < -0.39 is 0 Å². The van der Waals surface area contributed by atoms with Crippen LogP contribution in [0.2, 0.25) is 0 Å². The van der Waals surface area contributed by atoms with Gasteiger partial charge in [0.25, 0.3) is 5.71 Å². The Kier molecular flexibility index (Phi) is 3.50. The lowest BCUT2D eigenvalue weighted by atomic mass is 10.3. The fourth-order valence-electron chi connectivity index (χ4n) is 1.77. The molecular formula is C11H12N6O2S. The molecule has 0 unspecified atom stereocenters. The average molecular weight is 292 g/mol. The Balaban J connectivity index is 1.77. The summed E-state index contributed by atoms with van der Waals surface area (Å²) in [5.74, 6) is 2.56. The SMILES string of the molecule is CSCc1noc(CNc2ncnc3onc(C)c23)n1. The molecular weight excluding hydrogens is 280 g/mol. The fourth-order valence-corrected chi connectivity index (χ4v) is 2.14. The molecule has 0 fully saturated rings. The van der Waals surface area contributed by atoms with Crippen LogP contribution in [-0.4, -0.2) is 31.5 Å². The molecule has 3 rings (SSSR count). The van der Waals surface area contributed by atoms with E-state index >= 15 is 0 Å². The summed E-state index contributed by atoms with van der Waals surface area (Å²) in [4.78, 5) is 12.5. The molecule has 0 aliphatic heterocycles. The van der Waals surface area contributed by atoms with Crippen molar-refractivity contribution in [2.24, 2.45) is 0 Å². The van der Waals surface area contributed by atoms with Crippen molar-refractivity contribution in [2.75, 3.05) is 11.6 Å². The Bertz CT molecular complexity index is 725. The second-order valence-electron chi connectivity index (χ2n) is 4.06. The van der Waals surface area contributed by atoms with Gasteiger partial charge in [0.2, 0.25) is 5.89 Å². The van der Waals surface area contributed by atoms with E-state index in [1.165, 1.54) is 6.33 Å². The number of hydrogen-bond donors (Lipinski definition) is 1. The monoisotopic (exact) mass is 292 g/mol. The Morgan fingerprint density at radius 3 is 3.00 bits per heavy atom. The van der Waals surface area contributed by atoms with Crippen LogP contribution in [0, 0.1) is 6.92 Å². The molecule has 0 atom stereocenters. The molecule has 0 bridgehead atoms. The lowest BCUT2D eigenvalue weighted by Gasteiger charge is -2.02. The van der Waals surface area contributed by atoms with Crippen LogP contribution in [0.15, 0.2) is 15.4 Å². The van der Waals surface area contributed by atoms with Crippen molar-refractivity contribution in [3.8, 4) is 0 Å². The maximum atomic E-state index is 5.14. The summed E-state index contributed by atoms with van der Waals surface area (Å²) in [7, 11) is 0. The summed E-state index contributed by atoms with van der Waals surface area (Å²) < 4.78 is 10.2. The van der Waals surface area contributed by atoms with Gasteiger partial charge in [-0.2, -0.15) is 21.7 Å². The van der Waals surface area contributed by atoms with Crippen LogP contribution in [0.3, 0.4) is 0 Å². The summed E-state index contributed by atoms with van der Waals surface area (Å²) in [5.41, 5.74) is 1.19. The van der Waals surface area contributed by atoms with Crippen molar-refractivity contribution in [1.82, 2.24) is 25.3 Å². The van der Waals surface area contributed by atoms with Gasteiger partial charge < -0.3 is 14.4 Å². The predicted molar refractivity (Wildman–Crippen MR) is 73.2 cm³/mol. The molecule has 3 aromatic rings. The van der Waals surface area contributed by atoms with E-state index in [1.807, 2.05) is 13.2 Å².